The molecule has 7 heteroatoms. The Balaban J connectivity index is 2.18. The van der Waals surface area contributed by atoms with E-state index in [-0.39, 0.29) is 22.6 Å². The third-order valence-electron chi connectivity index (χ3n) is 2.81. The Morgan fingerprint density at radius 1 is 1.00 bits per heavy atom. The van der Waals surface area contributed by atoms with Gasteiger partial charge in [-0.15, -0.1) is 0 Å². The molecule has 1 aromatic carbocycles. The van der Waals surface area contributed by atoms with E-state index in [1.165, 1.54) is 31.4 Å². The summed E-state index contributed by atoms with van der Waals surface area (Å²) in [4.78, 5) is 39.2. The van der Waals surface area contributed by atoms with Gasteiger partial charge in [0.05, 0.1) is 12.7 Å². The van der Waals surface area contributed by atoms with Gasteiger partial charge < -0.3 is 10.5 Å². The summed E-state index contributed by atoms with van der Waals surface area (Å²) >= 11 is 0. The number of pyridine rings is 1. The van der Waals surface area contributed by atoms with Crippen molar-refractivity contribution in [3.05, 3.63) is 59.4 Å². The fraction of sp³-hybridized carbons (Fsp3) is 0.0667. The van der Waals surface area contributed by atoms with Crippen molar-refractivity contribution >= 4 is 23.5 Å². The number of nitrogens with one attached hydrogen (secondary N) is 1. The smallest absolute Gasteiger partial charge is 0.356 e. The SMILES string of the molecule is COC(=O)c1cccc(C(=O)NC(=O)c2ccccc2N)n1. The van der Waals surface area contributed by atoms with Gasteiger partial charge in [-0.3, -0.25) is 14.9 Å². The molecule has 0 spiro atoms. The third-order valence-corrected chi connectivity index (χ3v) is 2.81. The van der Waals surface area contributed by atoms with Gasteiger partial charge >= 0.3 is 5.97 Å². The Hall–Kier alpha value is -3.22. The van der Waals surface area contributed by atoms with E-state index < -0.39 is 17.8 Å². The Kier molecular flexibility index (Phi) is 4.47. The van der Waals surface area contributed by atoms with Crippen LogP contribution in [0.2, 0.25) is 0 Å². The molecular formula is C15H13N3O4. The van der Waals surface area contributed by atoms with Crippen molar-refractivity contribution in [2.45, 2.75) is 0 Å². The van der Waals surface area contributed by atoms with E-state index in [1.54, 1.807) is 18.2 Å². The molecule has 3 N–H and O–H groups in total. The third kappa shape index (κ3) is 3.26. The van der Waals surface area contributed by atoms with Crippen molar-refractivity contribution in [3.8, 4) is 0 Å². The molecule has 2 aromatic rings. The Morgan fingerprint density at radius 2 is 1.68 bits per heavy atom. The number of anilines is 1. The summed E-state index contributed by atoms with van der Waals surface area (Å²) < 4.78 is 4.52. The van der Waals surface area contributed by atoms with Crippen LogP contribution in [0, 0.1) is 0 Å². The number of nitrogens with zero attached hydrogens (tertiary/aromatic N) is 1. The minimum atomic E-state index is -0.737. The molecule has 0 saturated carbocycles. The zero-order valence-corrected chi connectivity index (χ0v) is 11.7. The summed E-state index contributed by atoms with van der Waals surface area (Å²) in [6.07, 6.45) is 0. The van der Waals surface area contributed by atoms with Gasteiger partial charge in [0.2, 0.25) is 0 Å². The number of para-hydroxylation sites is 1. The fourth-order valence-corrected chi connectivity index (χ4v) is 1.72. The van der Waals surface area contributed by atoms with Crippen molar-refractivity contribution < 1.29 is 19.1 Å². The molecule has 2 rings (SSSR count). The lowest BCUT2D eigenvalue weighted by molar-refractivity contribution is 0.0594. The first-order chi connectivity index (χ1) is 10.5. The van der Waals surface area contributed by atoms with Crippen LogP contribution in [-0.2, 0) is 4.74 Å². The molecular weight excluding hydrogens is 286 g/mol. The maximum absolute atomic E-state index is 12.0. The van der Waals surface area contributed by atoms with Crippen molar-refractivity contribution in [3.63, 3.8) is 0 Å². The van der Waals surface area contributed by atoms with Crippen LogP contribution in [-0.4, -0.2) is 29.9 Å². The first-order valence-corrected chi connectivity index (χ1v) is 6.28. The van der Waals surface area contributed by atoms with E-state index >= 15 is 0 Å². The lowest BCUT2D eigenvalue weighted by Crippen LogP contribution is -2.31. The second-order valence-electron chi connectivity index (χ2n) is 4.27. The number of esters is 1. The van der Waals surface area contributed by atoms with Crippen molar-refractivity contribution in [2.24, 2.45) is 0 Å². The van der Waals surface area contributed by atoms with Crippen molar-refractivity contribution in [2.75, 3.05) is 12.8 Å². The Labute approximate surface area is 126 Å². The molecule has 1 aromatic heterocycles. The number of aromatic nitrogens is 1. The number of benzene rings is 1. The van der Waals surface area contributed by atoms with Gasteiger partial charge in [0, 0.05) is 5.69 Å². The van der Waals surface area contributed by atoms with Crippen LogP contribution >= 0.6 is 0 Å². The van der Waals surface area contributed by atoms with E-state index in [0.29, 0.717) is 0 Å². The van der Waals surface area contributed by atoms with Crippen LogP contribution in [0.5, 0.6) is 0 Å². The zero-order valence-electron chi connectivity index (χ0n) is 11.7. The second kappa shape index (κ2) is 6.49. The van der Waals surface area contributed by atoms with E-state index in [0.717, 1.165) is 0 Å². The van der Waals surface area contributed by atoms with E-state index in [2.05, 4.69) is 15.0 Å². The topological polar surface area (TPSA) is 111 Å². The molecule has 0 radical (unpaired) electrons. The van der Waals surface area contributed by atoms with Gasteiger partial charge in [0.15, 0.2) is 0 Å². The van der Waals surface area contributed by atoms with Crippen molar-refractivity contribution in [1.82, 2.24) is 10.3 Å². The van der Waals surface area contributed by atoms with Gasteiger partial charge in [0.25, 0.3) is 11.8 Å². The molecule has 7 nitrogen and oxygen atoms in total. The molecule has 0 aliphatic heterocycles. The molecule has 0 saturated heterocycles. The van der Waals surface area contributed by atoms with E-state index in [1.807, 2.05) is 0 Å². The number of amides is 2. The molecule has 22 heavy (non-hydrogen) atoms. The summed E-state index contributed by atoms with van der Waals surface area (Å²) in [5.41, 5.74) is 6.00. The molecule has 0 unspecified atom stereocenters. The molecule has 0 atom stereocenters. The van der Waals surface area contributed by atoms with E-state index in [4.69, 9.17) is 5.73 Å². The quantitative estimate of drug-likeness (QED) is 0.497. The number of ether oxygens (including phenoxy) is 1. The lowest BCUT2D eigenvalue weighted by atomic mass is 10.1. The van der Waals surface area contributed by atoms with E-state index in [9.17, 15) is 14.4 Å². The van der Waals surface area contributed by atoms with Crippen LogP contribution in [0.15, 0.2) is 42.5 Å². The van der Waals surface area contributed by atoms with Gasteiger partial charge in [0.1, 0.15) is 11.4 Å². The number of hydrogen-bond acceptors (Lipinski definition) is 6. The number of hydrogen-bond donors (Lipinski definition) is 2. The summed E-state index contributed by atoms with van der Waals surface area (Å²) in [5.74, 6) is -2.05. The molecule has 0 bridgehead atoms. The average Bonchev–Trinajstić information content (AvgIpc) is 2.54. The minimum Gasteiger partial charge on any atom is -0.464 e. The van der Waals surface area contributed by atoms with Gasteiger partial charge in [-0.05, 0) is 24.3 Å². The highest BCUT2D eigenvalue weighted by molar-refractivity contribution is 6.11. The number of nitrogen functional groups attached to an aromatic ring is 1. The number of imide groups is 1. The number of nitrogens with two attached hydrogens (primary N) is 1. The largest absolute Gasteiger partial charge is 0.464 e. The highest BCUT2D eigenvalue weighted by atomic mass is 16.5. The Bertz CT molecular complexity index is 743. The Morgan fingerprint density at radius 3 is 2.36 bits per heavy atom. The summed E-state index contributed by atoms with van der Waals surface area (Å²) in [6.45, 7) is 0. The van der Waals surface area contributed by atoms with Crippen LogP contribution in [0.3, 0.4) is 0 Å². The van der Waals surface area contributed by atoms with Crippen molar-refractivity contribution in [1.29, 1.82) is 0 Å². The second-order valence-corrected chi connectivity index (χ2v) is 4.27. The molecule has 2 amide bonds. The summed E-state index contributed by atoms with van der Waals surface area (Å²) in [7, 11) is 1.21. The number of methoxy groups -OCH3 is 1. The lowest BCUT2D eigenvalue weighted by Gasteiger charge is -2.06. The molecule has 0 fully saturated rings. The highest BCUT2D eigenvalue weighted by Gasteiger charge is 2.17. The molecule has 0 aliphatic rings. The van der Waals surface area contributed by atoms with Crippen LogP contribution < -0.4 is 11.1 Å². The number of rotatable bonds is 3. The van der Waals surface area contributed by atoms with Gasteiger partial charge in [-0.1, -0.05) is 18.2 Å². The normalized spacial score (nSPS) is 9.86. The summed E-state index contributed by atoms with van der Waals surface area (Å²) in [6, 6.07) is 10.6. The predicted molar refractivity (Wildman–Crippen MR) is 78.2 cm³/mol. The minimum absolute atomic E-state index is 0.0261. The number of carbonyl (C=O) groups is 3. The summed E-state index contributed by atoms with van der Waals surface area (Å²) in [5, 5.41) is 2.17. The predicted octanol–water partition coefficient (Wildman–Crippen LogP) is 1.02. The first-order valence-electron chi connectivity index (χ1n) is 6.28. The molecule has 0 aliphatic carbocycles. The average molecular weight is 299 g/mol. The first kappa shape index (κ1) is 15.2. The standard InChI is InChI=1S/C15H13N3O4/c1-22-15(21)12-8-4-7-11(17-12)14(20)18-13(19)9-5-2-3-6-10(9)16/h2-8H,16H2,1H3,(H,18,19,20). The molecule has 1 heterocycles. The van der Waals surface area contributed by atoms with Crippen LogP contribution in [0.1, 0.15) is 31.3 Å². The maximum atomic E-state index is 12.0. The van der Waals surface area contributed by atoms with Gasteiger partial charge in [-0.25, -0.2) is 9.78 Å². The highest BCUT2D eigenvalue weighted by Crippen LogP contribution is 2.10. The zero-order chi connectivity index (χ0) is 16.1. The monoisotopic (exact) mass is 299 g/mol. The van der Waals surface area contributed by atoms with Gasteiger partial charge in [-0.2, -0.15) is 0 Å². The van der Waals surface area contributed by atoms with Crippen LogP contribution in [0.4, 0.5) is 5.69 Å². The fourth-order valence-electron chi connectivity index (χ4n) is 1.72. The van der Waals surface area contributed by atoms with Crippen LogP contribution in [0.25, 0.3) is 0 Å². The number of carbonyl (C=O) groups excluding carboxylic acids is 3. The molecule has 112 valence electrons. The maximum Gasteiger partial charge on any atom is 0.356 e.